The number of halogens is 3. The number of carbonyl (C=O) groups is 1. The molecule has 0 atom stereocenters. The second kappa shape index (κ2) is 6.11. The van der Waals surface area contributed by atoms with Crippen LogP contribution in [0, 0.1) is 5.92 Å². The first-order valence-corrected chi connectivity index (χ1v) is 7.04. The summed E-state index contributed by atoms with van der Waals surface area (Å²) in [5.41, 5.74) is 0. The average molecular weight is 278 g/mol. The van der Waals surface area contributed by atoms with E-state index in [1.54, 1.807) is 0 Å². The molecule has 1 aliphatic carbocycles. The Kier molecular flexibility index (Phi) is 4.71. The zero-order valence-corrected chi connectivity index (χ0v) is 11.0. The van der Waals surface area contributed by atoms with Crippen LogP contribution >= 0.6 is 0 Å². The lowest BCUT2D eigenvalue weighted by atomic mass is 9.85. The highest BCUT2D eigenvalue weighted by Crippen LogP contribution is 2.37. The van der Waals surface area contributed by atoms with E-state index >= 15 is 0 Å². The number of hydrogen-bond donors (Lipinski definition) is 1. The van der Waals surface area contributed by atoms with Gasteiger partial charge in [-0.25, -0.2) is 0 Å². The van der Waals surface area contributed by atoms with E-state index in [1.165, 1.54) is 0 Å². The molecule has 1 heterocycles. The van der Waals surface area contributed by atoms with Gasteiger partial charge in [0, 0.05) is 19.1 Å². The molecule has 0 unspecified atom stereocenters. The first kappa shape index (κ1) is 14.6. The number of nitrogens with one attached hydrogen (secondary N) is 1. The molecule has 3 nitrogen and oxygen atoms in total. The van der Waals surface area contributed by atoms with E-state index in [9.17, 15) is 18.0 Å². The lowest BCUT2D eigenvalue weighted by Crippen LogP contribution is -2.43. The summed E-state index contributed by atoms with van der Waals surface area (Å²) in [6.07, 6.45) is -0.561. The maximum Gasteiger partial charge on any atom is 0.391 e. The van der Waals surface area contributed by atoms with E-state index in [1.807, 2.05) is 4.90 Å². The number of alkyl halides is 3. The predicted octanol–water partition coefficient (Wildman–Crippen LogP) is 2.32. The Morgan fingerprint density at radius 1 is 1.11 bits per heavy atom. The van der Waals surface area contributed by atoms with Gasteiger partial charge in [0.1, 0.15) is 0 Å². The van der Waals surface area contributed by atoms with Gasteiger partial charge in [-0.2, -0.15) is 13.2 Å². The van der Waals surface area contributed by atoms with Gasteiger partial charge in [-0.1, -0.05) is 0 Å². The first-order chi connectivity index (χ1) is 8.97. The van der Waals surface area contributed by atoms with Crippen LogP contribution in [0.15, 0.2) is 0 Å². The molecule has 0 bridgehead atoms. The summed E-state index contributed by atoms with van der Waals surface area (Å²) in [6.45, 7) is 1.91. The third-order valence-electron chi connectivity index (χ3n) is 4.19. The van der Waals surface area contributed by atoms with Crippen molar-refractivity contribution < 1.29 is 18.0 Å². The summed E-state index contributed by atoms with van der Waals surface area (Å²) in [5.74, 6) is -1.07. The smallest absolute Gasteiger partial charge is 0.342 e. The Labute approximate surface area is 111 Å². The molecule has 1 amide bonds. The number of carbonyl (C=O) groups excluding carboxylic acids is 1. The minimum atomic E-state index is -4.06. The van der Waals surface area contributed by atoms with Crippen LogP contribution in [0.1, 0.15) is 38.5 Å². The van der Waals surface area contributed by atoms with Gasteiger partial charge >= 0.3 is 6.18 Å². The van der Waals surface area contributed by atoms with Crippen LogP contribution in [0.3, 0.4) is 0 Å². The summed E-state index contributed by atoms with van der Waals surface area (Å²) in [7, 11) is 0. The number of nitrogens with zero attached hydrogens (tertiary/aromatic N) is 1. The molecular formula is C13H21F3N2O. The number of rotatable bonds is 3. The summed E-state index contributed by atoms with van der Waals surface area (Å²) in [6, 6.07) is 0.0603. The number of amides is 1. The third-order valence-corrected chi connectivity index (χ3v) is 4.19. The molecule has 0 aromatic rings. The van der Waals surface area contributed by atoms with Crippen molar-refractivity contribution in [1.29, 1.82) is 0 Å². The molecule has 2 aliphatic rings. The molecule has 0 spiro atoms. The predicted molar refractivity (Wildman–Crippen MR) is 65.6 cm³/mol. The molecule has 1 N–H and O–H groups in total. The Bertz CT molecular complexity index is 306. The molecule has 2 fully saturated rings. The summed E-state index contributed by atoms with van der Waals surface area (Å²) in [5, 5.41) is 3.11. The molecule has 6 heteroatoms. The van der Waals surface area contributed by atoms with Gasteiger partial charge in [0.2, 0.25) is 5.91 Å². The molecular weight excluding hydrogens is 257 g/mol. The SMILES string of the molecule is O=C(CNC1CCC(C(F)(F)F)CC1)N1CCCC1. The van der Waals surface area contributed by atoms with Crippen molar-refractivity contribution in [3.8, 4) is 0 Å². The highest BCUT2D eigenvalue weighted by atomic mass is 19.4. The molecule has 1 saturated heterocycles. The molecule has 1 saturated carbocycles. The Morgan fingerprint density at radius 2 is 1.68 bits per heavy atom. The van der Waals surface area contributed by atoms with Crippen molar-refractivity contribution in [3.63, 3.8) is 0 Å². The molecule has 110 valence electrons. The zero-order chi connectivity index (χ0) is 13.9. The van der Waals surface area contributed by atoms with Crippen LogP contribution in [0.25, 0.3) is 0 Å². The molecule has 0 aromatic heterocycles. The van der Waals surface area contributed by atoms with Crippen molar-refractivity contribution in [2.45, 2.75) is 50.7 Å². The summed E-state index contributed by atoms with van der Waals surface area (Å²) >= 11 is 0. The minimum absolute atomic E-state index is 0.0603. The summed E-state index contributed by atoms with van der Waals surface area (Å²) < 4.78 is 37.5. The van der Waals surface area contributed by atoms with E-state index in [-0.39, 0.29) is 31.3 Å². The van der Waals surface area contributed by atoms with Crippen LogP contribution in [0.5, 0.6) is 0 Å². The van der Waals surface area contributed by atoms with Crippen molar-refractivity contribution in [1.82, 2.24) is 10.2 Å². The number of likely N-dealkylation sites (tertiary alicyclic amines) is 1. The van der Waals surface area contributed by atoms with Crippen LogP contribution in [-0.2, 0) is 4.79 Å². The van der Waals surface area contributed by atoms with Crippen molar-refractivity contribution in [2.24, 2.45) is 5.92 Å². The van der Waals surface area contributed by atoms with E-state index in [0.29, 0.717) is 12.8 Å². The lowest BCUT2D eigenvalue weighted by Gasteiger charge is -2.30. The Morgan fingerprint density at radius 3 is 2.21 bits per heavy atom. The fraction of sp³-hybridized carbons (Fsp3) is 0.923. The fourth-order valence-corrected chi connectivity index (χ4v) is 2.93. The highest BCUT2D eigenvalue weighted by Gasteiger charge is 2.41. The van der Waals surface area contributed by atoms with Gasteiger partial charge in [-0.05, 0) is 38.5 Å². The van der Waals surface area contributed by atoms with Gasteiger partial charge in [-0.15, -0.1) is 0 Å². The van der Waals surface area contributed by atoms with Gasteiger partial charge in [0.25, 0.3) is 0 Å². The maximum atomic E-state index is 12.5. The van der Waals surface area contributed by atoms with E-state index < -0.39 is 12.1 Å². The fourth-order valence-electron chi connectivity index (χ4n) is 2.93. The Hall–Kier alpha value is -0.780. The minimum Gasteiger partial charge on any atom is -0.342 e. The second-order valence-corrected chi connectivity index (χ2v) is 5.56. The maximum absolute atomic E-state index is 12.5. The van der Waals surface area contributed by atoms with Gasteiger partial charge < -0.3 is 10.2 Å². The van der Waals surface area contributed by atoms with Crippen LogP contribution in [0.4, 0.5) is 13.2 Å². The zero-order valence-electron chi connectivity index (χ0n) is 11.0. The third kappa shape index (κ3) is 4.09. The molecule has 2 rings (SSSR count). The van der Waals surface area contributed by atoms with E-state index in [2.05, 4.69) is 5.32 Å². The normalized spacial score (nSPS) is 28.7. The van der Waals surface area contributed by atoms with E-state index in [4.69, 9.17) is 0 Å². The monoisotopic (exact) mass is 278 g/mol. The van der Waals surface area contributed by atoms with Gasteiger partial charge in [-0.3, -0.25) is 4.79 Å². The van der Waals surface area contributed by atoms with Crippen molar-refractivity contribution in [3.05, 3.63) is 0 Å². The highest BCUT2D eigenvalue weighted by molar-refractivity contribution is 5.78. The number of hydrogen-bond acceptors (Lipinski definition) is 2. The largest absolute Gasteiger partial charge is 0.391 e. The molecule has 19 heavy (non-hydrogen) atoms. The lowest BCUT2D eigenvalue weighted by molar-refractivity contribution is -0.182. The van der Waals surface area contributed by atoms with Crippen LogP contribution < -0.4 is 5.32 Å². The van der Waals surface area contributed by atoms with Crippen molar-refractivity contribution >= 4 is 5.91 Å². The molecule has 0 aromatic carbocycles. The van der Waals surface area contributed by atoms with Crippen molar-refractivity contribution in [2.75, 3.05) is 19.6 Å². The second-order valence-electron chi connectivity index (χ2n) is 5.56. The van der Waals surface area contributed by atoms with E-state index in [0.717, 1.165) is 25.9 Å². The van der Waals surface area contributed by atoms with Gasteiger partial charge in [0.15, 0.2) is 0 Å². The molecule has 1 aliphatic heterocycles. The van der Waals surface area contributed by atoms with Crippen LogP contribution in [0.2, 0.25) is 0 Å². The first-order valence-electron chi connectivity index (χ1n) is 7.04. The Balaban J connectivity index is 1.67. The molecule has 0 radical (unpaired) electrons. The topological polar surface area (TPSA) is 32.3 Å². The van der Waals surface area contributed by atoms with Crippen LogP contribution in [-0.4, -0.2) is 42.7 Å². The van der Waals surface area contributed by atoms with Gasteiger partial charge in [0.05, 0.1) is 12.5 Å². The summed E-state index contributed by atoms with van der Waals surface area (Å²) in [4.78, 5) is 13.6. The average Bonchev–Trinajstić information content (AvgIpc) is 2.89. The quantitative estimate of drug-likeness (QED) is 0.859. The standard InChI is InChI=1S/C13H21F3N2O/c14-13(15,16)10-3-5-11(6-4-10)17-9-12(19)18-7-1-2-8-18/h10-11,17H,1-9H2.